The summed E-state index contributed by atoms with van der Waals surface area (Å²) < 4.78 is 5.39. The second kappa shape index (κ2) is 6.90. The van der Waals surface area contributed by atoms with Crippen LogP contribution < -0.4 is 5.32 Å². The van der Waals surface area contributed by atoms with E-state index in [9.17, 15) is 9.90 Å². The first-order chi connectivity index (χ1) is 10.1. The molecule has 1 aromatic carbocycles. The molecule has 1 unspecified atom stereocenters. The second-order valence-electron chi connectivity index (χ2n) is 4.90. The van der Waals surface area contributed by atoms with Gasteiger partial charge in [0.25, 0.3) is 0 Å². The van der Waals surface area contributed by atoms with Crippen molar-refractivity contribution in [3.8, 4) is 11.5 Å². The molecule has 0 aliphatic heterocycles. The normalized spacial score (nSPS) is 12.0. The number of carbonyl (C=O) groups is 1. The molecule has 2 N–H and O–H groups in total. The Balaban J connectivity index is 1.90. The van der Waals surface area contributed by atoms with Crippen LogP contribution in [-0.2, 0) is 6.54 Å². The van der Waals surface area contributed by atoms with Crippen molar-refractivity contribution in [2.45, 2.75) is 19.6 Å². The first kappa shape index (κ1) is 15.1. The number of carbonyl (C=O) groups excluding carboxylic acids is 1. The summed E-state index contributed by atoms with van der Waals surface area (Å²) in [6, 6.07) is 9.29. The average molecular weight is 289 g/mol. The molecule has 2 amide bonds. The SMILES string of the molecule is CC(O)CN(C)C(=O)NCc1coc(-c2ccccc2)n1. The number of hydrogen-bond acceptors (Lipinski definition) is 4. The minimum atomic E-state index is -0.558. The number of nitrogens with one attached hydrogen (secondary N) is 1. The summed E-state index contributed by atoms with van der Waals surface area (Å²) in [5.41, 5.74) is 1.54. The van der Waals surface area contributed by atoms with Crippen LogP contribution >= 0.6 is 0 Å². The first-order valence-electron chi connectivity index (χ1n) is 6.73. The molecule has 0 spiro atoms. The molecule has 0 aliphatic rings. The fourth-order valence-corrected chi connectivity index (χ4v) is 1.88. The molecule has 2 rings (SSSR count). The first-order valence-corrected chi connectivity index (χ1v) is 6.73. The maximum absolute atomic E-state index is 11.8. The number of oxazole rings is 1. The molecule has 6 heteroatoms. The van der Waals surface area contributed by atoms with Crippen LogP contribution in [0, 0.1) is 0 Å². The number of urea groups is 1. The molecule has 6 nitrogen and oxygen atoms in total. The maximum atomic E-state index is 11.8. The molecular weight excluding hydrogens is 270 g/mol. The predicted octanol–water partition coefficient (Wildman–Crippen LogP) is 1.86. The third-order valence-corrected chi connectivity index (χ3v) is 2.88. The van der Waals surface area contributed by atoms with E-state index < -0.39 is 6.10 Å². The summed E-state index contributed by atoms with van der Waals surface area (Å²) in [6.45, 7) is 2.19. The fourth-order valence-electron chi connectivity index (χ4n) is 1.88. The van der Waals surface area contributed by atoms with Gasteiger partial charge >= 0.3 is 6.03 Å². The van der Waals surface area contributed by atoms with E-state index >= 15 is 0 Å². The monoisotopic (exact) mass is 289 g/mol. The van der Waals surface area contributed by atoms with Crippen molar-refractivity contribution in [3.63, 3.8) is 0 Å². The maximum Gasteiger partial charge on any atom is 0.317 e. The molecule has 0 saturated heterocycles. The van der Waals surface area contributed by atoms with Crippen molar-refractivity contribution in [2.75, 3.05) is 13.6 Å². The Labute approximate surface area is 123 Å². The third kappa shape index (κ3) is 4.32. The smallest absolute Gasteiger partial charge is 0.317 e. The number of aromatic nitrogens is 1. The van der Waals surface area contributed by atoms with Gasteiger partial charge in [-0.2, -0.15) is 0 Å². The van der Waals surface area contributed by atoms with Gasteiger partial charge in [0.1, 0.15) is 6.26 Å². The van der Waals surface area contributed by atoms with E-state index in [4.69, 9.17) is 4.42 Å². The molecule has 0 radical (unpaired) electrons. The molecule has 1 aromatic heterocycles. The van der Waals surface area contributed by atoms with Gasteiger partial charge in [-0.05, 0) is 19.1 Å². The molecular formula is C15H19N3O3. The Bertz CT molecular complexity index is 581. The van der Waals surface area contributed by atoms with Crippen LogP contribution in [0.3, 0.4) is 0 Å². The Morgan fingerprint density at radius 2 is 2.14 bits per heavy atom. The standard InChI is InChI=1S/C15H19N3O3/c1-11(19)9-18(2)15(20)16-8-13-10-21-14(17-13)12-6-4-3-5-7-12/h3-7,10-11,19H,8-9H2,1-2H3,(H,16,20). The highest BCUT2D eigenvalue weighted by atomic mass is 16.3. The topological polar surface area (TPSA) is 78.6 Å². The van der Waals surface area contributed by atoms with Gasteiger partial charge in [-0.25, -0.2) is 9.78 Å². The number of benzene rings is 1. The quantitative estimate of drug-likeness (QED) is 0.880. The van der Waals surface area contributed by atoms with E-state index in [1.165, 1.54) is 11.2 Å². The fraction of sp³-hybridized carbons (Fsp3) is 0.333. The van der Waals surface area contributed by atoms with Crippen LogP contribution in [0.1, 0.15) is 12.6 Å². The van der Waals surface area contributed by atoms with Crippen molar-refractivity contribution in [1.29, 1.82) is 0 Å². The summed E-state index contributed by atoms with van der Waals surface area (Å²) in [7, 11) is 1.63. The van der Waals surface area contributed by atoms with E-state index in [0.29, 0.717) is 11.6 Å². The lowest BCUT2D eigenvalue weighted by Gasteiger charge is -2.18. The summed E-state index contributed by atoms with van der Waals surface area (Å²) in [4.78, 5) is 17.5. The van der Waals surface area contributed by atoms with Gasteiger partial charge in [-0.3, -0.25) is 0 Å². The van der Waals surface area contributed by atoms with E-state index in [-0.39, 0.29) is 19.1 Å². The minimum Gasteiger partial charge on any atom is -0.444 e. The summed E-state index contributed by atoms with van der Waals surface area (Å²) >= 11 is 0. The van der Waals surface area contributed by atoms with Crippen LogP contribution in [0.25, 0.3) is 11.5 Å². The third-order valence-electron chi connectivity index (χ3n) is 2.88. The van der Waals surface area contributed by atoms with Crippen LogP contribution in [0.15, 0.2) is 41.0 Å². The zero-order valence-corrected chi connectivity index (χ0v) is 12.1. The van der Waals surface area contributed by atoms with Gasteiger partial charge in [0.05, 0.1) is 18.3 Å². The number of hydrogen-bond donors (Lipinski definition) is 2. The van der Waals surface area contributed by atoms with Crippen molar-refractivity contribution in [1.82, 2.24) is 15.2 Å². The van der Waals surface area contributed by atoms with Crippen molar-refractivity contribution < 1.29 is 14.3 Å². The van der Waals surface area contributed by atoms with E-state index in [1.807, 2.05) is 30.3 Å². The van der Waals surface area contributed by atoms with E-state index in [1.54, 1.807) is 14.0 Å². The summed E-state index contributed by atoms with van der Waals surface area (Å²) in [5.74, 6) is 0.525. The van der Waals surface area contributed by atoms with E-state index in [2.05, 4.69) is 10.3 Å². The molecule has 0 saturated carbocycles. The number of nitrogens with zero attached hydrogens (tertiary/aromatic N) is 2. The Morgan fingerprint density at radius 3 is 2.81 bits per heavy atom. The Morgan fingerprint density at radius 1 is 1.43 bits per heavy atom. The highest BCUT2D eigenvalue weighted by Crippen LogP contribution is 2.17. The van der Waals surface area contributed by atoms with Crippen molar-refractivity contribution in [2.24, 2.45) is 0 Å². The lowest BCUT2D eigenvalue weighted by Crippen LogP contribution is -2.40. The van der Waals surface area contributed by atoms with Gasteiger partial charge in [0.2, 0.25) is 5.89 Å². The van der Waals surface area contributed by atoms with Crippen molar-refractivity contribution >= 4 is 6.03 Å². The Hall–Kier alpha value is -2.34. The number of aliphatic hydroxyl groups is 1. The number of likely N-dealkylation sites (N-methyl/N-ethyl adjacent to an activating group) is 1. The largest absolute Gasteiger partial charge is 0.444 e. The highest BCUT2D eigenvalue weighted by Gasteiger charge is 2.12. The molecule has 1 heterocycles. The van der Waals surface area contributed by atoms with Crippen LogP contribution in [0.5, 0.6) is 0 Å². The molecule has 1 atom stereocenters. The summed E-state index contributed by atoms with van der Waals surface area (Å²) in [6.07, 6.45) is 0.967. The van der Waals surface area contributed by atoms with Crippen LogP contribution in [-0.4, -0.2) is 40.7 Å². The van der Waals surface area contributed by atoms with E-state index in [0.717, 1.165) is 5.56 Å². The molecule has 0 bridgehead atoms. The van der Waals surface area contributed by atoms with Crippen molar-refractivity contribution in [3.05, 3.63) is 42.3 Å². The van der Waals surface area contributed by atoms with Gasteiger partial charge in [-0.15, -0.1) is 0 Å². The lowest BCUT2D eigenvalue weighted by molar-refractivity contribution is 0.143. The minimum absolute atomic E-state index is 0.264. The van der Waals surface area contributed by atoms with Crippen LogP contribution in [0.2, 0.25) is 0 Å². The zero-order valence-electron chi connectivity index (χ0n) is 12.1. The van der Waals surface area contributed by atoms with Gasteiger partial charge < -0.3 is 19.7 Å². The summed E-state index contributed by atoms with van der Waals surface area (Å²) in [5, 5.41) is 12.0. The van der Waals surface area contributed by atoms with Crippen LogP contribution in [0.4, 0.5) is 4.79 Å². The van der Waals surface area contributed by atoms with Gasteiger partial charge in [0.15, 0.2) is 0 Å². The molecule has 0 aliphatic carbocycles. The Kier molecular flexibility index (Phi) is 4.94. The molecule has 21 heavy (non-hydrogen) atoms. The molecule has 0 fully saturated rings. The van der Waals surface area contributed by atoms with Gasteiger partial charge in [0, 0.05) is 19.2 Å². The number of aliphatic hydroxyl groups excluding tert-OH is 1. The number of rotatable bonds is 5. The lowest BCUT2D eigenvalue weighted by atomic mass is 10.2. The van der Waals surface area contributed by atoms with Gasteiger partial charge in [-0.1, -0.05) is 18.2 Å². The second-order valence-corrected chi connectivity index (χ2v) is 4.90. The molecule has 2 aromatic rings. The molecule has 112 valence electrons. The zero-order chi connectivity index (χ0) is 15.2. The number of amides is 2. The average Bonchev–Trinajstić information content (AvgIpc) is 2.94. The predicted molar refractivity (Wildman–Crippen MR) is 78.5 cm³/mol. The highest BCUT2D eigenvalue weighted by molar-refractivity contribution is 5.73.